The fourth-order valence-electron chi connectivity index (χ4n) is 0.814. The standard InChI is InChI=1S/C6H15N4O5P.Li.H2O/c7-4(5(11)12)2-1-3-9-6(8)10-16(13,14)15;;/h4H,1-3,7H2,(H,11,12)(H5,8,9,10,13,14,15);;1H2/q;+1;/p-1. The number of aliphatic imine (C=N–C) groups is 1. The number of nitrogens with zero attached hydrogens (tertiary/aromatic N) is 1. The molecule has 0 aliphatic heterocycles. The molecule has 2 unspecified atom stereocenters. The number of hydrogen-bond acceptors (Lipinski definition) is 5. The maximum Gasteiger partial charge on any atom is 1.00 e. The zero-order valence-electron chi connectivity index (χ0n) is 9.87. The molecule has 2 atom stereocenters. The summed E-state index contributed by atoms with van der Waals surface area (Å²) >= 11 is 0. The van der Waals surface area contributed by atoms with Crippen LogP contribution in [0, 0.1) is 0 Å². The van der Waals surface area contributed by atoms with E-state index in [1.54, 1.807) is 5.09 Å². The van der Waals surface area contributed by atoms with Crippen LogP contribution in [0.5, 0.6) is 0 Å². The van der Waals surface area contributed by atoms with Crippen molar-refractivity contribution >= 4 is 19.7 Å². The fourth-order valence-corrected chi connectivity index (χ4v) is 1.17. The summed E-state index contributed by atoms with van der Waals surface area (Å²) in [5.41, 5.74) is 10.3. The number of nitrogens with one attached hydrogen (secondary N) is 1. The maximum absolute atomic E-state index is 10.3. The van der Waals surface area contributed by atoms with E-state index in [4.69, 9.17) is 21.5 Å². The van der Waals surface area contributed by atoms with Gasteiger partial charge in [-0.25, -0.2) is 0 Å². The molecule has 0 aromatic carbocycles. The molecule has 12 heteroatoms. The van der Waals surface area contributed by atoms with E-state index in [2.05, 4.69) is 4.99 Å². The van der Waals surface area contributed by atoms with Crippen LogP contribution in [-0.4, -0.2) is 40.0 Å². The summed E-state index contributed by atoms with van der Waals surface area (Å²) in [6, 6.07) is -0.979. The quantitative estimate of drug-likeness (QED) is 0.103. The van der Waals surface area contributed by atoms with E-state index >= 15 is 0 Å². The van der Waals surface area contributed by atoms with Gasteiger partial charge in [-0.3, -0.25) is 19.4 Å². The molecule has 0 amide bonds. The van der Waals surface area contributed by atoms with E-state index in [1.807, 2.05) is 0 Å². The Morgan fingerprint density at radius 1 is 1.56 bits per heavy atom. The van der Waals surface area contributed by atoms with E-state index in [0.29, 0.717) is 6.42 Å². The molecule has 0 aliphatic carbocycles. The van der Waals surface area contributed by atoms with Crippen molar-refractivity contribution in [2.75, 3.05) is 6.54 Å². The minimum Gasteiger partial charge on any atom is -0.762 e. The summed E-state index contributed by atoms with van der Waals surface area (Å²) in [5, 5.41) is 10.00. The Morgan fingerprint density at radius 2 is 2.06 bits per heavy atom. The maximum atomic E-state index is 10.3. The monoisotopic (exact) mass is 278 g/mol. The number of hydrogen-bond donors (Lipinski definition) is 5. The molecule has 0 aliphatic rings. The van der Waals surface area contributed by atoms with Crippen molar-refractivity contribution in [3.8, 4) is 0 Å². The molecule has 9 N–H and O–H groups in total. The molecule has 0 aromatic heterocycles. The van der Waals surface area contributed by atoms with Gasteiger partial charge in [0.25, 0.3) is 0 Å². The Kier molecular flexibility index (Phi) is 13.0. The Morgan fingerprint density at radius 3 is 2.44 bits per heavy atom. The number of carbonyl (C=O) groups is 1. The molecule has 0 bridgehead atoms. The minimum absolute atomic E-state index is 0. The summed E-state index contributed by atoms with van der Waals surface area (Å²) < 4.78 is 10.3. The summed E-state index contributed by atoms with van der Waals surface area (Å²) in [7, 11) is -4.68. The van der Waals surface area contributed by atoms with Crippen LogP contribution in [0.1, 0.15) is 12.8 Å². The van der Waals surface area contributed by atoms with Gasteiger partial charge in [0.15, 0.2) is 5.96 Å². The van der Waals surface area contributed by atoms with Crippen molar-refractivity contribution in [1.29, 1.82) is 0 Å². The average molecular weight is 278 g/mol. The summed E-state index contributed by atoms with van der Waals surface area (Å²) in [6.45, 7) is 0.111. The molecule has 0 saturated carbocycles. The van der Waals surface area contributed by atoms with E-state index in [9.17, 15) is 14.3 Å². The van der Waals surface area contributed by atoms with Crippen LogP contribution in [0.15, 0.2) is 4.99 Å². The molecule has 0 saturated heterocycles. The van der Waals surface area contributed by atoms with Gasteiger partial charge >= 0.3 is 24.8 Å². The molecule has 0 spiro atoms. The normalized spacial score (nSPS) is 15.6. The summed E-state index contributed by atoms with van der Waals surface area (Å²) in [4.78, 5) is 32.5. The number of carboxylic acids is 1. The van der Waals surface area contributed by atoms with Crippen molar-refractivity contribution in [3.63, 3.8) is 0 Å². The minimum atomic E-state index is -4.68. The number of nitrogens with two attached hydrogens (primary N) is 2. The van der Waals surface area contributed by atoms with Gasteiger partial charge in [-0.2, -0.15) is 0 Å². The van der Waals surface area contributed by atoms with E-state index in [1.165, 1.54) is 0 Å². The van der Waals surface area contributed by atoms with Crippen LogP contribution in [0.2, 0.25) is 0 Å². The molecule has 0 rings (SSSR count). The fraction of sp³-hybridized carbons (Fsp3) is 0.667. The Bertz CT molecular complexity index is 321. The number of guanidine groups is 1. The van der Waals surface area contributed by atoms with Crippen molar-refractivity contribution < 1.29 is 48.6 Å². The van der Waals surface area contributed by atoms with Crippen LogP contribution in [0.4, 0.5) is 0 Å². The molecule has 0 heterocycles. The van der Waals surface area contributed by atoms with Gasteiger partial charge in [0.2, 0.25) is 7.75 Å². The van der Waals surface area contributed by atoms with E-state index in [-0.39, 0.29) is 37.3 Å². The number of aliphatic carboxylic acids is 1. The largest absolute Gasteiger partial charge is 1.00 e. The average Bonchev–Trinajstić information content (AvgIpc) is 2.08. The summed E-state index contributed by atoms with van der Waals surface area (Å²) in [5.74, 6) is -1.57. The second-order valence-corrected chi connectivity index (χ2v) is 4.25. The predicted octanol–water partition coefficient (Wildman–Crippen LogP) is -6.28. The van der Waals surface area contributed by atoms with Crippen LogP contribution in [-0.2, 0) is 9.36 Å². The van der Waals surface area contributed by atoms with Crippen molar-refractivity contribution in [2.45, 2.75) is 18.9 Å². The van der Waals surface area contributed by atoms with Gasteiger partial charge in [-0.05, 0) is 12.8 Å². The Hall–Kier alpha value is -0.593. The third-order valence-corrected chi connectivity index (χ3v) is 2.04. The van der Waals surface area contributed by atoms with Crippen molar-refractivity contribution in [3.05, 3.63) is 0 Å². The molecule has 18 heavy (non-hydrogen) atoms. The van der Waals surface area contributed by atoms with Gasteiger partial charge in [0, 0.05) is 6.54 Å². The van der Waals surface area contributed by atoms with Gasteiger partial charge in [-0.1, -0.05) is 0 Å². The van der Waals surface area contributed by atoms with E-state index < -0.39 is 25.7 Å². The van der Waals surface area contributed by atoms with Crippen molar-refractivity contribution in [2.24, 2.45) is 16.5 Å². The summed E-state index contributed by atoms with van der Waals surface area (Å²) in [6.07, 6.45) is 0.532. The van der Waals surface area contributed by atoms with Gasteiger partial charge in [0.05, 0.1) is 0 Å². The molecule has 10 nitrogen and oxygen atoms in total. The van der Waals surface area contributed by atoms with Gasteiger partial charge < -0.3 is 31.8 Å². The Balaban J connectivity index is -0.00000112. The molecular weight excluding hydrogens is 262 g/mol. The second-order valence-electron chi connectivity index (χ2n) is 2.99. The predicted molar refractivity (Wildman–Crippen MR) is 57.9 cm³/mol. The first-order valence-corrected chi connectivity index (χ1v) is 5.90. The van der Waals surface area contributed by atoms with E-state index in [0.717, 1.165) is 0 Å². The third kappa shape index (κ3) is 13.5. The zero-order chi connectivity index (χ0) is 12.8. The third-order valence-electron chi connectivity index (χ3n) is 1.53. The smallest absolute Gasteiger partial charge is 0.762 e. The van der Waals surface area contributed by atoms with Crippen LogP contribution >= 0.6 is 7.75 Å². The number of rotatable bonds is 6. The molecule has 102 valence electrons. The number of carboxylic acid groups (broad SMARTS) is 1. The Labute approximate surface area is 116 Å². The van der Waals surface area contributed by atoms with Gasteiger partial charge in [-0.15, -0.1) is 0 Å². The van der Waals surface area contributed by atoms with Gasteiger partial charge in [0.1, 0.15) is 6.04 Å². The first kappa shape index (κ1) is 22.6. The SMILES string of the molecule is NC(=NCCCC(N)C(=O)O)NP(=O)([O-])O.O.[Li+]. The topological polar surface area (TPSA) is 206 Å². The van der Waals surface area contributed by atoms with Crippen LogP contribution < -0.4 is 40.3 Å². The first-order valence-electron chi connectivity index (χ1n) is 4.33. The zero-order valence-corrected chi connectivity index (χ0v) is 10.8. The van der Waals surface area contributed by atoms with Crippen LogP contribution in [0.3, 0.4) is 0 Å². The molecule has 0 fully saturated rings. The van der Waals surface area contributed by atoms with Crippen molar-refractivity contribution in [1.82, 2.24) is 5.09 Å². The van der Waals surface area contributed by atoms with Crippen LogP contribution in [0.25, 0.3) is 0 Å². The molecule has 0 aromatic rings. The molecule has 0 radical (unpaired) electrons. The molecular formula is C6H16LiN4O6P. The first-order chi connectivity index (χ1) is 7.22. The second kappa shape index (κ2) is 10.3.